The lowest BCUT2D eigenvalue weighted by Crippen LogP contribution is -2.22. The largest absolute Gasteiger partial charge is 0.481 e. The van der Waals surface area contributed by atoms with E-state index in [1.807, 2.05) is 38.1 Å². The zero-order chi connectivity index (χ0) is 19.4. The standard InChI is InChI=1S/C19H21N5O3/c1-12-5-6-15(9-14(12)10-20-19(25)27-4)24-21-11-17(23-24)16-7-8-18(26-3)22-13(16)2/h5-9,11H,10H2,1-4H3,(H,20,25). The Hall–Kier alpha value is -3.42. The monoisotopic (exact) mass is 367 g/mol. The molecule has 1 amide bonds. The fourth-order valence-corrected chi connectivity index (χ4v) is 2.65. The van der Waals surface area contributed by atoms with E-state index in [1.54, 1.807) is 24.2 Å². The van der Waals surface area contributed by atoms with E-state index in [4.69, 9.17) is 4.74 Å². The quantitative estimate of drug-likeness (QED) is 0.746. The summed E-state index contributed by atoms with van der Waals surface area (Å²) in [5.41, 5.74) is 5.23. The van der Waals surface area contributed by atoms with E-state index >= 15 is 0 Å². The minimum absolute atomic E-state index is 0.363. The normalized spacial score (nSPS) is 10.5. The van der Waals surface area contributed by atoms with Crippen LogP contribution in [0.15, 0.2) is 36.5 Å². The van der Waals surface area contributed by atoms with Crippen LogP contribution in [0.25, 0.3) is 16.9 Å². The van der Waals surface area contributed by atoms with E-state index in [1.165, 1.54) is 7.11 Å². The van der Waals surface area contributed by atoms with Crippen molar-refractivity contribution in [3.8, 4) is 22.8 Å². The third kappa shape index (κ3) is 4.05. The van der Waals surface area contributed by atoms with Crippen LogP contribution in [-0.2, 0) is 11.3 Å². The Morgan fingerprint density at radius 3 is 2.70 bits per heavy atom. The maximum atomic E-state index is 11.3. The molecule has 0 aliphatic carbocycles. The average molecular weight is 367 g/mol. The number of pyridine rings is 1. The summed E-state index contributed by atoms with van der Waals surface area (Å²) in [4.78, 5) is 17.2. The van der Waals surface area contributed by atoms with Gasteiger partial charge in [0.15, 0.2) is 0 Å². The highest BCUT2D eigenvalue weighted by molar-refractivity contribution is 5.67. The van der Waals surface area contributed by atoms with Crippen LogP contribution in [0.2, 0.25) is 0 Å². The number of carbonyl (C=O) groups is 1. The van der Waals surface area contributed by atoms with Gasteiger partial charge in [-0.3, -0.25) is 0 Å². The van der Waals surface area contributed by atoms with Crippen molar-refractivity contribution in [2.75, 3.05) is 14.2 Å². The summed E-state index contributed by atoms with van der Waals surface area (Å²) in [6.07, 6.45) is 1.23. The van der Waals surface area contributed by atoms with Crippen molar-refractivity contribution in [1.82, 2.24) is 25.3 Å². The molecule has 0 aliphatic rings. The van der Waals surface area contributed by atoms with Crippen molar-refractivity contribution in [3.05, 3.63) is 53.3 Å². The summed E-state index contributed by atoms with van der Waals surface area (Å²) in [6, 6.07) is 9.54. The van der Waals surface area contributed by atoms with Gasteiger partial charge >= 0.3 is 6.09 Å². The number of nitrogens with zero attached hydrogens (tertiary/aromatic N) is 4. The number of amides is 1. The second-order valence-corrected chi connectivity index (χ2v) is 5.96. The number of aryl methyl sites for hydroxylation is 2. The van der Waals surface area contributed by atoms with E-state index in [-0.39, 0.29) is 0 Å². The van der Waals surface area contributed by atoms with Gasteiger partial charge in [0.1, 0.15) is 5.69 Å². The maximum absolute atomic E-state index is 11.3. The van der Waals surface area contributed by atoms with Crippen LogP contribution in [0.1, 0.15) is 16.8 Å². The molecule has 140 valence electrons. The van der Waals surface area contributed by atoms with Gasteiger partial charge in [0.25, 0.3) is 0 Å². The van der Waals surface area contributed by atoms with Crippen molar-refractivity contribution in [2.45, 2.75) is 20.4 Å². The summed E-state index contributed by atoms with van der Waals surface area (Å²) in [7, 11) is 2.92. The molecule has 8 heteroatoms. The number of hydrogen-bond donors (Lipinski definition) is 1. The maximum Gasteiger partial charge on any atom is 0.407 e. The van der Waals surface area contributed by atoms with Gasteiger partial charge in [-0.05, 0) is 43.2 Å². The van der Waals surface area contributed by atoms with Crippen LogP contribution in [0.4, 0.5) is 4.79 Å². The molecule has 1 aromatic carbocycles. The molecule has 3 aromatic rings. The van der Waals surface area contributed by atoms with Crippen molar-refractivity contribution < 1.29 is 14.3 Å². The minimum atomic E-state index is -0.471. The number of aromatic nitrogens is 4. The van der Waals surface area contributed by atoms with Gasteiger partial charge in [-0.1, -0.05) is 6.07 Å². The predicted molar refractivity (Wildman–Crippen MR) is 99.9 cm³/mol. The molecule has 8 nitrogen and oxygen atoms in total. The van der Waals surface area contributed by atoms with E-state index < -0.39 is 6.09 Å². The molecule has 2 heterocycles. The zero-order valence-corrected chi connectivity index (χ0v) is 15.7. The Bertz CT molecular complexity index is 968. The number of rotatable bonds is 5. The Morgan fingerprint density at radius 2 is 2.00 bits per heavy atom. The molecular weight excluding hydrogens is 346 g/mol. The third-order valence-corrected chi connectivity index (χ3v) is 4.21. The molecule has 3 rings (SSSR count). The highest BCUT2D eigenvalue weighted by Gasteiger charge is 2.11. The molecule has 2 aromatic heterocycles. The number of methoxy groups -OCH3 is 2. The first-order valence-electron chi connectivity index (χ1n) is 8.38. The molecule has 0 spiro atoms. The predicted octanol–water partition coefficient (Wildman–Crippen LogP) is 2.81. The number of hydrogen-bond acceptors (Lipinski definition) is 6. The van der Waals surface area contributed by atoms with Crippen LogP contribution < -0.4 is 10.1 Å². The third-order valence-electron chi connectivity index (χ3n) is 4.21. The zero-order valence-electron chi connectivity index (χ0n) is 15.7. The number of nitrogens with one attached hydrogen (secondary N) is 1. The topological polar surface area (TPSA) is 91.2 Å². The first-order chi connectivity index (χ1) is 13.0. The molecule has 0 bridgehead atoms. The van der Waals surface area contributed by atoms with Crippen LogP contribution in [0.5, 0.6) is 5.88 Å². The lowest BCUT2D eigenvalue weighted by atomic mass is 10.1. The fraction of sp³-hybridized carbons (Fsp3) is 0.263. The van der Waals surface area contributed by atoms with Crippen LogP contribution in [-0.4, -0.2) is 40.3 Å². The van der Waals surface area contributed by atoms with E-state index in [9.17, 15) is 4.79 Å². The van der Waals surface area contributed by atoms with E-state index in [2.05, 4.69) is 25.2 Å². The van der Waals surface area contributed by atoms with Crippen molar-refractivity contribution in [3.63, 3.8) is 0 Å². The fourth-order valence-electron chi connectivity index (χ4n) is 2.65. The Kier molecular flexibility index (Phi) is 5.35. The van der Waals surface area contributed by atoms with Gasteiger partial charge in [-0.25, -0.2) is 9.78 Å². The summed E-state index contributed by atoms with van der Waals surface area (Å²) in [5.74, 6) is 0.560. The van der Waals surface area contributed by atoms with E-state index in [0.29, 0.717) is 12.4 Å². The molecule has 0 radical (unpaired) electrons. The number of ether oxygens (including phenoxy) is 2. The van der Waals surface area contributed by atoms with Crippen LogP contribution >= 0.6 is 0 Å². The van der Waals surface area contributed by atoms with Gasteiger partial charge in [-0.2, -0.15) is 9.90 Å². The van der Waals surface area contributed by atoms with E-state index in [0.717, 1.165) is 33.8 Å². The Balaban J connectivity index is 1.87. The lowest BCUT2D eigenvalue weighted by molar-refractivity contribution is 0.170. The van der Waals surface area contributed by atoms with Gasteiger partial charge < -0.3 is 14.8 Å². The second-order valence-electron chi connectivity index (χ2n) is 5.96. The molecule has 0 unspecified atom stereocenters. The minimum Gasteiger partial charge on any atom is -0.481 e. The summed E-state index contributed by atoms with van der Waals surface area (Å²) >= 11 is 0. The molecule has 0 atom stereocenters. The van der Waals surface area contributed by atoms with Crippen LogP contribution in [0, 0.1) is 13.8 Å². The molecule has 0 saturated heterocycles. The summed E-state index contributed by atoms with van der Waals surface area (Å²) < 4.78 is 9.75. The summed E-state index contributed by atoms with van der Waals surface area (Å²) in [5, 5.41) is 11.6. The second kappa shape index (κ2) is 7.86. The first-order valence-corrected chi connectivity index (χ1v) is 8.38. The van der Waals surface area contributed by atoms with Crippen molar-refractivity contribution in [1.29, 1.82) is 0 Å². The Morgan fingerprint density at radius 1 is 1.19 bits per heavy atom. The Labute approximate surface area is 157 Å². The number of benzene rings is 1. The SMILES string of the molecule is COC(=O)NCc1cc(-n2ncc(-c3ccc(OC)nc3C)n2)ccc1C. The molecule has 1 N–H and O–H groups in total. The molecule has 0 fully saturated rings. The van der Waals surface area contributed by atoms with Gasteiger partial charge in [-0.15, -0.1) is 5.10 Å². The van der Waals surface area contributed by atoms with Gasteiger partial charge in [0.05, 0.1) is 31.8 Å². The highest BCUT2D eigenvalue weighted by atomic mass is 16.5. The van der Waals surface area contributed by atoms with Crippen LogP contribution in [0.3, 0.4) is 0 Å². The van der Waals surface area contributed by atoms with Crippen molar-refractivity contribution in [2.24, 2.45) is 0 Å². The van der Waals surface area contributed by atoms with Crippen molar-refractivity contribution >= 4 is 6.09 Å². The van der Waals surface area contributed by atoms with Gasteiger partial charge in [0.2, 0.25) is 5.88 Å². The highest BCUT2D eigenvalue weighted by Crippen LogP contribution is 2.23. The first kappa shape index (κ1) is 18.4. The number of carbonyl (C=O) groups excluding carboxylic acids is 1. The molecule has 27 heavy (non-hydrogen) atoms. The number of alkyl carbamates (subject to hydrolysis) is 1. The molecular formula is C19H21N5O3. The molecule has 0 aliphatic heterocycles. The lowest BCUT2D eigenvalue weighted by Gasteiger charge is -2.09. The average Bonchev–Trinajstić information content (AvgIpc) is 3.16. The van der Waals surface area contributed by atoms with Gasteiger partial charge in [0, 0.05) is 18.2 Å². The summed E-state index contributed by atoms with van der Waals surface area (Å²) in [6.45, 7) is 4.24. The smallest absolute Gasteiger partial charge is 0.407 e. The molecule has 0 saturated carbocycles.